The molecule has 0 bridgehead atoms. The summed E-state index contributed by atoms with van der Waals surface area (Å²) >= 11 is 0. The summed E-state index contributed by atoms with van der Waals surface area (Å²) in [6, 6.07) is 6.55. The minimum absolute atomic E-state index is 0.0994. The summed E-state index contributed by atoms with van der Waals surface area (Å²) in [6.07, 6.45) is 14.0. The Morgan fingerprint density at radius 3 is 2.03 bits per heavy atom. The van der Waals surface area contributed by atoms with Crippen molar-refractivity contribution in [3.63, 3.8) is 0 Å². The van der Waals surface area contributed by atoms with Crippen LogP contribution in [0, 0.1) is 44.3 Å². The molecule has 0 aliphatic carbocycles. The van der Waals surface area contributed by atoms with E-state index in [-0.39, 0.29) is 11.4 Å². The van der Waals surface area contributed by atoms with Crippen LogP contribution in [0.3, 0.4) is 0 Å². The third-order valence-corrected chi connectivity index (χ3v) is 9.13. The fourth-order valence-electron chi connectivity index (χ4n) is 6.21. The van der Waals surface area contributed by atoms with Crippen molar-refractivity contribution >= 4 is 0 Å². The summed E-state index contributed by atoms with van der Waals surface area (Å²) in [6.45, 7) is 18.7. The highest BCUT2D eigenvalue weighted by Gasteiger charge is 2.34. The van der Waals surface area contributed by atoms with Gasteiger partial charge < -0.3 is 9.47 Å². The van der Waals surface area contributed by atoms with E-state index in [1.807, 2.05) is 0 Å². The molecule has 0 amide bonds. The number of fused-ring (bicyclic) bond motifs is 1. The van der Waals surface area contributed by atoms with E-state index in [1.165, 1.54) is 80.2 Å². The lowest BCUT2D eigenvalue weighted by Gasteiger charge is -2.38. The average Bonchev–Trinajstić information content (AvgIpc) is 2.88. The lowest BCUT2D eigenvalue weighted by atomic mass is 9.83. The SMILES string of the molecule is Cc1c(C)c2c(c(C)c1OCc1ccc(F)cc1)CCC(C)(CCCC(C)CCCC(C)CCCC(C)C)O2. The summed E-state index contributed by atoms with van der Waals surface area (Å²) in [4.78, 5) is 0. The molecule has 2 aromatic rings. The highest BCUT2D eigenvalue weighted by molar-refractivity contribution is 5.59. The number of hydrogen-bond acceptors (Lipinski definition) is 2. The fourth-order valence-corrected chi connectivity index (χ4v) is 6.21. The van der Waals surface area contributed by atoms with Crippen LogP contribution in [0.15, 0.2) is 24.3 Å². The second kappa shape index (κ2) is 14.6. The standard InChI is InChI=1S/C36H55FO2/c1-25(2)12-9-13-26(3)14-10-15-27(4)16-11-22-36(8)23-21-33-30(7)34(28(5)29(6)35(33)39-36)38-24-31-17-19-32(37)20-18-31/h17-20,25-27H,9-16,21-24H2,1-8H3. The lowest BCUT2D eigenvalue weighted by Crippen LogP contribution is -2.37. The maximum atomic E-state index is 13.3. The van der Waals surface area contributed by atoms with Crippen molar-refractivity contribution in [2.24, 2.45) is 17.8 Å². The first-order valence-electron chi connectivity index (χ1n) is 15.7. The third kappa shape index (κ3) is 9.25. The largest absolute Gasteiger partial charge is 0.488 e. The maximum absolute atomic E-state index is 13.3. The van der Waals surface area contributed by atoms with E-state index in [0.717, 1.165) is 59.6 Å². The van der Waals surface area contributed by atoms with E-state index in [0.29, 0.717) is 6.61 Å². The first-order valence-corrected chi connectivity index (χ1v) is 15.7. The predicted octanol–water partition coefficient (Wildman–Crippen LogP) is 10.9. The molecule has 1 aliphatic heterocycles. The Kier molecular flexibility index (Phi) is 11.8. The number of ether oxygens (including phenoxy) is 2. The molecule has 3 unspecified atom stereocenters. The minimum Gasteiger partial charge on any atom is -0.488 e. The molecule has 0 fully saturated rings. The Bertz CT molecular complexity index is 1040. The molecule has 1 aliphatic rings. The van der Waals surface area contributed by atoms with Crippen LogP contribution in [0.1, 0.15) is 127 Å². The Morgan fingerprint density at radius 1 is 0.821 bits per heavy atom. The van der Waals surface area contributed by atoms with Crippen LogP contribution in [-0.4, -0.2) is 5.60 Å². The van der Waals surface area contributed by atoms with Crippen molar-refractivity contribution in [3.8, 4) is 11.5 Å². The van der Waals surface area contributed by atoms with Crippen molar-refractivity contribution in [2.75, 3.05) is 0 Å². The van der Waals surface area contributed by atoms with E-state index in [2.05, 4.69) is 55.4 Å². The second-order valence-corrected chi connectivity index (χ2v) is 13.3. The summed E-state index contributed by atoms with van der Waals surface area (Å²) in [5.41, 5.74) is 5.68. The fraction of sp³-hybridized carbons (Fsp3) is 0.667. The molecular formula is C36H55FO2. The summed E-state index contributed by atoms with van der Waals surface area (Å²) < 4.78 is 26.3. The van der Waals surface area contributed by atoms with Crippen molar-refractivity contribution < 1.29 is 13.9 Å². The van der Waals surface area contributed by atoms with E-state index >= 15 is 0 Å². The van der Waals surface area contributed by atoms with E-state index < -0.39 is 0 Å². The summed E-state index contributed by atoms with van der Waals surface area (Å²) in [7, 11) is 0. The molecule has 2 nitrogen and oxygen atoms in total. The molecule has 0 saturated carbocycles. The van der Waals surface area contributed by atoms with E-state index in [1.54, 1.807) is 12.1 Å². The molecule has 0 aromatic heterocycles. The first-order chi connectivity index (χ1) is 18.5. The van der Waals surface area contributed by atoms with Crippen LogP contribution < -0.4 is 9.47 Å². The van der Waals surface area contributed by atoms with Crippen LogP contribution in [-0.2, 0) is 13.0 Å². The molecule has 1 heterocycles. The van der Waals surface area contributed by atoms with Crippen molar-refractivity contribution in [1.29, 1.82) is 0 Å². The highest BCUT2D eigenvalue weighted by atomic mass is 19.1. The van der Waals surface area contributed by atoms with Crippen LogP contribution >= 0.6 is 0 Å². The monoisotopic (exact) mass is 538 g/mol. The van der Waals surface area contributed by atoms with Gasteiger partial charge in [0, 0.05) is 5.56 Å². The van der Waals surface area contributed by atoms with Crippen LogP contribution in [0.4, 0.5) is 4.39 Å². The van der Waals surface area contributed by atoms with Gasteiger partial charge in [-0.3, -0.25) is 0 Å². The lowest BCUT2D eigenvalue weighted by molar-refractivity contribution is 0.0511. The minimum atomic E-state index is -0.220. The molecule has 0 saturated heterocycles. The van der Waals surface area contributed by atoms with Gasteiger partial charge in [-0.05, 0) is 106 Å². The molecule has 2 aromatic carbocycles. The Hall–Kier alpha value is -2.03. The van der Waals surface area contributed by atoms with Gasteiger partial charge in [-0.1, -0.05) is 84.8 Å². The van der Waals surface area contributed by atoms with Gasteiger partial charge in [-0.15, -0.1) is 0 Å². The molecule has 218 valence electrons. The van der Waals surface area contributed by atoms with Crippen LogP contribution in [0.2, 0.25) is 0 Å². The van der Waals surface area contributed by atoms with Gasteiger partial charge in [-0.2, -0.15) is 0 Å². The molecule has 0 spiro atoms. The van der Waals surface area contributed by atoms with Crippen molar-refractivity contribution in [3.05, 3.63) is 57.9 Å². The third-order valence-electron chi connectivity index (χ3n) is 9.13. The Labute approximate surface area is 239 Å². The number of halogens is 1. The Morgan fingerprint density at radius 2 is 1.41 bits per heavy atom. The van der Waals surface area contributed by atoms with Gasteiger partial charge in [0.05, 0.1) is 0 Å². The molecule has 0 N–H and O–H groups in total. The normalized spacial score (nSPS) is 18.5. The van der Waals surface area contributed by atoms with E-state index in [9.17, 15) is 4.39 Å². The van der Waals surface area contributed by atoms with Crippen LogP contribution in [0.5, 0.6) is 11.5 Å². The second-order valence-electron chi connectivity index (χ2n) is 13.3. The maximum Gasteiger partial charge on any atom is 0.127 e. The van der Waals surface area contributed by atoms with Gasteiger partial charge in [-0.25, -0.2) is 4.39 Å². The quantitative estimate of drug-likeness (QED) is 0.224. The smallest absolute Gasteiger partial charge is 0.127 e. The topological polar surface area (TPSA) is 18.5 Å². The van der Waals surface area contributed by atoms with Crippen molar-refractivity contribution in [2.45, 2.75) is 138 Å². The van der Waals surface area contributed by atoms with Gasteiger partial charge in [0.2, 0.25) is 0 Å². The van der Waals surface area contributed by atoms with Gasteiger partial charge >= 0.3 is 0 Å². The molecule has 39 heavy (non-hydrogen) atoms. The number of rotatable bonds is 15. The predicted molar refractivity (Wildman–Crippen MR) is 163 cm³/mol. The van der Waals surface area contributed by atoms with E-state index in [4.69, 9.17) is 9.47 Å². The zero-order valence-corrected chi connectivity index (χ0v) is 26.2. The summed E-state index contributed by atoms with van der Waals surface area (Å²) in [5.74, 6) is 4.30. The molecule has 0 radical (unpaired) electrons. The molecule has 3 atom stereocenters. The molecular weight excluding hydrogens is 483 g/mol. The van der Waals surface area contributed by atoms with Crippen molar-refractivity contribution in [1.82, 2.24) is 0 Å². The van der Waals surface area contributed by atoms with Gasteiger partial charge in [0.25, 0.3) is 0 Å². The number of benzene rings is 2. The zero-order valence-electron chi connectivity index (χ0n) is 26.2. The molecule has 3 heteroatoms. The van der Waals surface area contributed by atoms with Gasteiger partial charge in [0.1, 0.15) is 29.5 Å². The Balaban J connectivity index is 1.49. The number of hydrogen-bond donors (Lipinski definition) is 0. The zero-order chi connectivity index (χ0) is 28.6. The first kappa shape index (κ1) is 31.5. The highest BCUT2D eigenvalue weighted by Crippen LogP contribution is 2.45. The van der Waals surface area contributed by atoms with Crippen LogP contribution in [0.25, 0.3) is 0 Å². The molecule has 3 rings (SSSR count). The van der Waals surface area contributed by atoms with Gasteiger partial charge in [0.15, 0.2) is 0 Å². The average molecular weight is 539 g/mol. The summed E-state index contributed by atoms with van der Waals surface area (Å²) in [5, 5.41) is 0.